The second-order valence-electron chi connectivity index (χ2n) is 5.90. The highest BCUT2D eigenvalue weighted by atomic mass is 16.6. The molecule has 0 radical (unpaired) electrons. The Balaban J connectivity index is 4.57. The molecule has 0 bridgehead atoms. The summed E-state index contributed by atoms with van der Waals surface area (Å²) in [4.78, 5) is 38.9. The summed E-state index contributed by atoms with van der Waals surface area (Å²) < 4.78 is 10.2. The van der Waals surface area contributed by atoms with Gasteiger partial charge >= 0.3 is 12.1 Å². The largest absolute Gasteiger partial charge is 0.464 e. The normalized spacial score (nSPS) is 12.9. The highest BCUT2D eigenvalue weighted by Crippen LogP contribution is 2.08. The fraction of sp³-hybridized carbons (Fsp3) is 0.824. The van der Waals surface area contributed by atoms with Crippen molar-refractivity contribution in [2.24, 2.45) is 0 Å². The molecule has 0 heterocycles. The minimum absolute atomic E-state index is 0.330. The quantitative estimate of drug-likeness (QED) is 0.449. The summed E-state index contributed by atoms with van der Waals surface area (Å²) in [5.41, 5.74) is 0. The molecule has 0 spiro atoms. The van der Waals surface area contributed by atoms with Crippen LogP contribution in [0.25, 0.3) is 0 Å². The van der Waals surface area contributed by atoms with Gasteiger partial charge in [0.2, 0.25) is 5.91 Å². The van der Waals surface area contributed by atoms with E-state index in [1.54, 1.807) is 13.8 Å². The molecule has 2 amide bonds. The molecular formula is C17H32N2O5. The first-order valence-electron chi connectivity index (χ1n) is 8.60. The summed E-state index contributed by atoms with van der Waals surface area (Å²) in [5, 5.41) is 0. The lowest BCUT2D eigenvalue weighted by molar-refractivity contribution is -0.154. The summed E-state index contributed by atoms with van der Waals surface area (Å²) in [5.74, 6) is -0.787. The lowest BCUT2D eigenvalue weighted by Gasteiger charge is -2.30. The van der Waals surface area contributed by atoms with Crippen LogP contribution in [0.5, 0.6) is 0 Å². The van der Waals surface area contributed by atoms with Crippen molar-refractivity contribution in [1.82, 2.24) is 9.80 Å². The first-order chi connectivity index (χ1) is 11.3. The van der Waals surface area contributed by atoms with Crippen LogP contribution >= 0.6 is 0 Å². The molecule has 2 atom stereocenters. The van der Waals surface area contributed by atoms with Crippen LogP contribution < -0.4 is 0 Å². The molecule has 24 heavy (non-hydrogen) atoms. The zero-order valence-electron chi connectivity index (χ0n) is 15.8. The van der Waals surface area contributed by atoms with Gasteiger partial charge in [0.25, 0.3) is 0 Å². The van der Waals surface area contributed by atoms with Crippen molar-refractivity contribution < 1.29 is 23.9 Å². The molecule has 7 heteroatoms. The Bertz CT molecular complexity index is 378. The van der Waals surface area contributed by atoms with Gasteiger partial charge in [0.15, 0.2) is 0 Å². The SMILES string of the molecule is CCCCOC(=O)C(C)N(C)C(=O)C(C)N(C)C(=O)OCCCC. The van der Waals surface area contributed by atoms with Gasteiger partial charge in [-0.3, -0.25) is 9.69 Å². The van der Waals surface area contributed by atoms with E-state index in [-0.39, 0.29) is 5.91 Å². The molecule has 140 valence electrons. The topological polar surface area (TPSA) is 76.2 Å². The molecule has 0 aromatic carbocycles. The first-order valence-corrected chi connectivity index (χ1v) is 8.60. The maximum atomic E-state index is 12.5. The number of nitrogens with zero attached hydrogens (tertiary/aromatic N) is 2. The highest BCUT2D eigenvalue weighted by Gasteiger charge is 2.31. The number of carbonyl (C=O) groups is 3. The maximum absolute atomic E-state index is 12.5. The molecule has 0 N–H and O–H groups in total. The number of likely N-dealkylation sites (N-methyl/N-ethyl adjacent to an activating group) is 2. The maximum Gasteiger partial charge on any atom is 0.410 e. The Labute approximate surface area is 145 Å². The first kappa shape index (κ1) is 22.2. The molecule has 0 aliphatic heterocycles. The van der Waals surface area contributed by atoms with Gasteiger partial charge in [-0.25, -0.2) is 9.59 Å². The predicted octanol–water partition coefficient (Wildman–Crippen LogP) is 2.43. The zero-order valence-corrected chi connectivity index (χ0v) is 15.8. The van der Waals surface area contributed by atoms with Crippen LogP contribution in [0.4, 0.5) is 4.79 Å². The van der Waals surface area contributed by atoms with Gasteiger partial charge in [-0.2, -0.15) is 0 Å². The van der Waals surface area contributed by atoms with E-state index >= 15 is 0 Å². The minimum Gasteiger partial charge on any atom is -0.464 e. The fourth-order valence-electron chi connectivity index (χ4n) is 1.81. The molecule has 0 aromatic rings. The van der Waals surface area contributed by atoms with Crippen molar-refractivity contribution in [2.75, 3.05) is 27.3 Å². The second kappa shape index (κ2) is 11.7. The Morgan fingerprint density at radius 3 is 1.83 bits per heavy atom. The van der Waals surface area contributed by atoms with Crippen molar-refractivity contribution in [3.8, 4) is 0 Å². The lowest BCUT2D eigenvalue weighted by atomic mass is 10.2. The van der Waals surface area contributed by atoms with E-state index in [9.17, 15) is 14.4 Å². The zero-order chi connectivity index (χ0) is 18.7. The second-order valence-corrected chi connectivity index (χ2v) is 5.90. The minimum atomic E-state index is -0.727. The number of carbonyl (C=O) groups excluding carboxylic acids is 3. The van der Waals surface area contributed by atoms with Crippen LogP contribution in [0, 0.1) is 0 Å². The molecular weight excluding hydrogens is 312 g/mol. The molecule has 2 unspecified atom stereocenters. The van der Waals surface area contributed by atoms with Crippen LogP contribution in [-0.4, -0.2) is 67.2 Å². The van der Waals surface area contributed by atoms with Crippen molar-refractivity contribution >= 4 is 18.0 Å². The molecule has 0 rings (SSSR count). The highest BCUT2D eigenvalue weighted by molar-refractivity contribution is 5.89. The monoisotopic (exact) mass is 344 g/mol. The summed E-state index contributed by atoms with van der Waals surface area (Å²) in [6.45, 7) is 7.90. The summed E-state index contributed by atoms with van der Waals surface area (Å²) >= 11 is 0. The van der Waals surface area contributed by atoms with Gasteiger partial charge < -0.3 is 14.4 Å². The van der Waals surface area contributed by atoms with Gasteiger partial charge in [-0.05, 0) is 26.7 Å². The number of amides is 2. The summed E-state index contributed by atoms with van der Waals surface area (Å²) in [6.07, 6.45) is 2.88. The van der Waals surface area contributed by atoms with E-state index < -0.39 is 24.1 Å². The lowest BCUT2D eigenvalue weighted by Crippen LogP contribution is -2.51. The molecule has 0 fully saturated rings. The molecule has 7 nitrogen and oxygen atoms in total. The fourth-order valence-corrected chi connectivity index (χ4v) is 1.81. The van der Waals surface area contributed by atoms with Gasteiger partial charge in [-0.15, -0.1) is 0 Å². The third-order valence-corrected chi connectivity index (χ3v) is 3.96. The van der Waals surface area contributed by atoms with Gasteiger partial charge in [0.1, 0.15) is 12.1 Å². The van der Waals surface area contributed by atoms with E-state index in [4.69, 9.17) is 9.47 Å². The van der Waals surface area contributed by atoms with E-state index in [0.29, 0.717) is 13.2 Å². The number of hydrogen-bond acceptors (Lipinski definition) is 5. The molecule has 0 saturated carbocycles. The molecule has 0 aliphatic rings. The summed E-state index contributed by atoms with van der Waals surface area (Å²) in [7, 11) is 3.04. The van der Waals surface area contributed by atoms with Crippen LogP contribution in [0.2, 0.25) is 0 Å². The number of esters is 1. The predicted molar refractivity (Wildman–Crippen MR) is 91.6 cm³/mol. The van der Waals surface area contributed by atoms with Crippen molar-refractivity contribution in [2.45, 2.75) is 65.5 Å². The van der Waals surface area contributed by atoms with Crippen LogP contribution in [-0.2, 0) is 19.1 Å². The Morgan fingerprint density at radius 2 is 1.33 bits per heavy atom. The standard InChI is InChI=1S/C17H32N2O5/c1-7-9-11-23-16(21)14(4)18(5)15(20)13(3)19(6)17(22)24-12-10-8-2/h13-14H,7-12H2,1-6H3. The van der Waals surface area contributed by atoms with Gasteiger partial charge in [0, 0.05) is 14.1 Å². The van der Waals surface area contributed by atoms with E-state index in [2.05, 4.69) is 0 Å². The van der Waals surface area contributed by atoms with Gasteiger partial charge in [0.05, 0.1) is 13.2 Å². The van der Waals surface area contributed by atoms with E-state index in [1.807, 2.05) is 13.8 Å². The van der Waals surface area contributed by atoms with Crippen LogP contribution in [0.1, 0.15) is 53.4 Å². The Hall–Kier alpha value is -1.79. The van der Waals surface area contributed by atoms with Crippen LogP contribution in [0.15, 0.2) is 0 Å². The number of hydrogen-bond donors (Lipinski definition) is 0. The third-order valence-electron chi connectivity index (χ3n) is 3.96. The van der Waals surface area contributed by atoms with Crippen molar-refractivity contribution in [1.29, 1.82) is 0 Å². The molecule has 0 saturated heterocycles. The van der Waals surface area contributed by atoms with E-state index in [1.165, 1.54) is 23.9 Å². The Kier molecular flexibility index (Phi) is 10.8. The molecule has 0 aromatic heterocycles. The molecule has 0 aliphatic carbocycles. The average Bonchev–Trinajstić information content (AvgIpc) is 2.58. The third kappa shape index (κ3) is 7.19. The van der Waals surface area contributed by atoms with Crippen LogP contribution in [0.3, 0.4) is 0 Å². The summed E-state index contributed by atoms with van der Waals surface area (Å²) in [6, 6.07) is -1.43. The number of rotatable bonds is 10. The smallest absolute Gasteiger partial charge is 0.410 e. The number of unbranched alkanes of at least 4 members (excludes halogenated alkanes) is 2. The van der Waals surface area contributed by atoms with Gasteiger partial charge in [-0.1, -0.05) is 26.7 Å². The van der Waals surface area contributed by atoms with Crippen molar-refractivity contribution in [3.05, 3.63) is 0 Å². The Morgan fingerprint density at radius 1 is 0.833 bits per heavy atom. The average molecular weight is 344 g/mol. The number of ether oxygens (including phenoxy) is 2. The van der Waals surface area contributed by atoms with Crippen molar-refractivity contribution in [3.63, 3.8) is 0 Å². The van der Waals surface area contributed by atoms with E-state index in [0.717, 1.165) is 25.7 Å².